The zero-order valence-corrected chi connectivity index (χ0v) is 14.8. The van der Waals surface area contributed by atoms with Crippen LogP contribution in [0.25, 0.3) is 22.8 Å². The summed E-state index contributed by atoms with van der Waals surface area (Å²) in [6.07, 6.45) is 5.29. The number of H-pyrrole nitrogens is 1. The van der Waals surface area contributed by atoms with Gasteiger partial charge in [0.2, 0.25) is 0 Å². The normalized spacial score (nSPS) is 10.6. The van der Waals surface area contributed by atoms with Gasteiger partial charge in [0, 0.05) is 30.7 Å². The minimum atomic E-state index is 0.642. The zero-order chi connectivity index (χ0) is 18.5. The quantitative estimate of drug-likeness (QED) is 0.548. The van der Waals surface area contributed by atoms with Crippen molar-refractivity contribution >= 4 is 5.82 Å². The summed E-state index contributed by atoms with van der Waals surface area (Å²) in [5, 5.41) is 11.9. The summed E-state index contributed by atoms with van der Waals surface area (Å²) in [6.45, 7) is 0.642. The standard InChI is InChI=1S/C20H18N6O/c1-27-16-5-2-4-15(12-16)18-24-20(26-25-18)17-6-3-9-22-19(17)23-13-14-7-10-21-11-8-14/h2-12H,13H2,1H3,(H,22,23)(H,24,25,26). The van der Waals surface area contributed by atoms with Crippen LogP contribution in [0.2, 0.25) is 0 Å². The molecule has 3 aromatic heterocycles. The molecule has 0 spiro atoms. The van der Waals surface area contributed by atoms with Crippen LogP contribution in [0.5, 0.6) is 5.75 Å². The minimum absolute atomic E-state index is 0.642. The predicted molar refractivity (Wildman–Crippen MR) is 103 cm³/mol. The largest absolute Gasteiger partial charge is 0.497 e. The van der Waals surface area contributed by atoms with Crippen LogP contribution in [0.1, 0.15) is 5.56 Å². The topological polar surface area (TPSA) is 88.6 Å². The smallest absolute Gasteiger partial charge is 0.165 e. The molecule has 0 amide bonds. The predicted octanol–water partition coefficient (Wildman–Crippen LogP) is 3.55. The second-order valence-electron chi connectivity index (χ2n) is 5.86. The second kappa shape index (κ2) is 7.65. The summed E-state index contributed by atoms with van der Waals surface area (Å²) in [6, 6.07) is 15.4. The van der Waals surface area contributed by atoms with Crippen LogP contribution in [-0.4, -0.2) is 32.3 Å². The van der Waals surface area contributed by atoms with E-state index in [1.54, 1.807) is 25.7 Å². The van der Waals surface area contributed by atoms with Crippen molar-refractivity contribution in [1.82, 2.24) is 25.1 Å². The van der Waals surface area contributed by atoms with Crippen molar-refractivity contribution in [3.8, 4) is 28.5 Å². The van der Waals surface area contributed by atoms with E-state index in [4.69, 9.17) is 4.74 Å². The van der Waals surface area contributed by atoms with Gasteiger partial charge in [-0.25, -0.2) is 4.98 Å². The molecule has 0 atom stereocenters. The molecular formula is C20H18N6O. The van der Waals surface area contributed by atoms with E-state index in [1.165, 1.54) is 0 Å². The van der Waals surface area contributed by atoms with E-state index in [2.05, 4.69) is 30.5 Å². The Balaban J connectivity index is 1.60. The Morgan fingerprint density at radius 3 is 2.67 bits per heavy atom. The van der Waals surface area contributed by atoms with Gasteiger partial charge in [-0.3, -0.25) is 4.98 Å². The molecule has 0 saturated heterocycles. The van der Waals surface area contributed by atoms with Gasteiger partial charge in [-0.05, 0) is 42.0 Å². The van der Waals surface area contributed by atoms with Crippen molar-refractivity contribution in [3.63, 3.8) is 0 Å². The molecule has 27 heavy (non-hydrogen) atoms. The van der Waals surface area contributed by atoms with Crippen LogP contribution in [0, 0.1) is 0 Å². The summed E-state index contributed by atoms with van der Waals surface area (Å²) in [4.78, 5) is 11.7. The van der Waals surface area contributed by atoms with Crippen molar-refractivity contribution in [2.75, 3.05) is 12.4 Å². The lowest BCUT2D eigenvalue weighted by Crippen LogP contribution is -2.03. The monoisotopic (exact) mass is 358 g/mol. The fourth-order valence-electron chi connectivity index (χ4n) is 2.71. The number of ether oxygens (including phenoxy) is 1. The Hall–Kier alpha value is -3.74. The van der Waals surface area contributed by atoms with E-state index in [-0.39, 0.29) is 0 Å². The Bertz CT molecular complexity index is 1030. The number of aromatic nitrogens is 5. The summed E-state index contributed by atoms with van der Waals surface area (Å²) in [5.74, 6) is 2.83. The van der Waals surface area contributed by atoms with E-state index in [9.17, 15) is 0 Å². The maximum atomic E-state index is 5.27. The van der Waals surface area contributed by atoms with E-state index >= 15 is 0 Å². The molecule has 0 aliphatic rings. The lowest BCUT2D eigenvalue weighted by molar-refractivity contribution is 0.415. The van der Waals surface area contributed by atoms with Gasteiger partial charge < -0.3 is 15.0 Å². The van der Waals surface area contributed by atoms with Crippen LogP contribution in [0.4, 0.5) is 5.82 Å². The average Bonchev–Trinajstić information content (AvgIpc) is 3.23. The first kappa shape index (κ1) is 16.7. The molecule has 0 aliphatic carbocycles. The molecule has 7 heteroatoms. The molecule has 7 nitrogen and oxygen atoms in total. The first-order chi connectivity index (χ1) is 13.3. The van der Waals surface area contributed by atoms with Gasteiger partial charge in [0.15, 0.2) is 11.6 Å². The van der Waals surface area contributed by atoms with Crippen LogP contribution in [0.15, 0.2) is 67.1 Å². The maximum absolute atomic E-state index is 5.27. The van der Waals surface area contributed by atoms with Gasteiger partial charge in [-0.1, -0.05) is 12.1 Å². The Labute approximate surface area is 156 Å². The highest BCUT2D eigenvalue weighted by atomic mass is 16.5. The average molecular weight is 358 g/mol. The first-order valence-electron chi connectivity index (χ1n) is 8.49. The number of aromatic amines is 1. The molecule has 2 N–H and O–H groups in total. The molecule has 0 fully saturated rings. The third-order valence-corrected chi connectivity index (χ3v) is 4.10. The van der Waals surface area contributed by atoms with Crippen LogP contribution in [0.3, 0.4) is 0 Å². The van der Waals surface area contributed by atoms with Gasteiger partial charge in [0.05, 0.1) is 12.7 Å². The van der Waals surface area contributed by atoms with E-state index < -0.39 is 0 Å². The van der Waals surface area contributed by atoms with E-state index in [0.717, 1.165) is 28.3 Å². The summed E-state index contributed by atoms with van der Waals surface area (Å²) in [7, 11) is 1.64. The van der Waals surface area contributed by atoms with Crippen molar-refractivity contribution in [2.45, 2.75) is 6.54 Å². The van der Waals surface area contributed by atoms with E-state index in [1.807, 2.05) is 48.5 Å². The van der Waals surface area contributed by atoms with Crippen LogP contribution >= 0.6 is 0 Å². The van der Waals surface area contributed by atoms with E-state index in [0.29, 0.717) is 18.2 Å². The third-order valence-electron chi connectivity index (χ3n) is 4.10. The second-order valence-corrected chi connectivity index (χ2v) is 5.86. The molecule has 4 rings (SSSR count). The molecule has 1 aromatic carbocycles. The summed E-state index contributed by atoms with van der Waals surface area (Å²) in [5.41, 5.74) is 2.88. The third kappa shape index (κ3) is 3.77. The molecule has 0 aliphatic heterocycles. The number of nitrogens with one attached hydrogen (secondary N) is 2. The highest BCUT2D eigenvalue weighted by molar-refractivity contribution is 5.71. The Morgan fingerprint density at radius 2 is 1.81 bits per heavy atom. The van der Waals surface area contributed by atoms with Crippen molar-refractivity contribution in [3.05, 3.63) is 72.7 Å². The fraction of sp³-hybridized carbons (Fsp3) is 0.100. The van der Waals surface area contributed by atoms with Crippen molar-refractivity contribution in [2.24, 2.45) is 0 Å². The summed E-state index contributed by atoms with van der Waals surface area (Å²) >= 11 is 0. The SMILES string of the molecule is COc1cccc(-c2nnc(-c3cccnc3NCc3ccncc3)[nH]2)c1. The number of hydrogen-bond donors (Lipinski definition) is 2. The number of pyridine rings is 2. The molecule has 3 heterocycles. The van der Waals surface area contributed by atoms with Gasteiger partial charge in [0.1, 0.15) is 11.6 Å². The highest BCUT2D eigenvalue weighted by Crippen LogP contribution is 2.26. The first-order valence-corrected chi connectivity index (χ1v) is 8.49. The number of hydrogen-bond acceptors (Lipinski definition) is 6. The highest BCUT2D eigenvalue weighted by Gasteiger charge is 2.12. The Kier molecular flexibility index (Phi) is 4.74. The number of anilines is 1. The maximum Gasteiger partial charge on any atom is 0.165 e. The molecule has 0 radical (unpaired) electrons. The molecular weight excluding hydrogens is 340 g/mol. The number of nitrogens with zero attached hydrogens (tertiary/aromatic N) is 4. The summed E-state index contributed by atoms with van der Waals surface area (Å²) < 4.78 is 5.27. The van der Waals surface area contributed by atoms with Crippen molar-refractivity contribution < 1.29 is 4.74 Å². The van der Waals surface area contributed by atoms with Crippen LogP contribution in [-0.2, 0) is 6.54 Å². The Morgan fingerprint density at radius 1 is 0.963 bits per heavy atom. The molecule has 0 bridgehead atoms. The van der Waals surface area contributed by atoms with Crippen LogP contribution < -0.4 is 10.1 Å². The minimum Gasteiger partial charge on any atom is -0.497 e. The molecule has 4 aromatic rings. The van der Waals surface area contributed by atoms with Gasteiger partial charge in [-0.2, -0.15) is 0 Å². The lowest BCUT2D eigenvalue weighted by Gasteiger charge is -2.09. The zero-order valence-electron chi connectivity index (χ0n) is 14.8. The lowest BCUT2D eigenvalue weighted by atomic mass is 10.2. The number of benzene rings is 1. The van der Waals surface area contributed by atoms with Gasteiger partial charge in [0.25, 0.3) is 0 Å². The molecule has 134 valence electrons. The number of rotatable bonds is 6. The van der Waals surface area contributed by atoms with Gasteiger partial charge in [-0.15, -0.1) is 10.2 Å². The van der Waals surface area contributed by atoms with Gasteiger partial charge >= 0.3 is 0 Å². The number of methoxy groups -OCH3 is 1. The van der Waals surface area contributed by atoms with Crippen molar-refractivity contribution in [1.29, 1.82) is 0 Å². The molecule has 0 saturated carbocycles. The molecule has 0 unspecified atom stereocenters. The fourth-order valence-corrected chi connectivity index (χ4v) is 2.71.